The number of esters is 1. The van der Waals surface area contributed by atoms with Gasteiger partial charge in [-0.2, -0.15) is 0 Å². The minimum absolute atomic E-state index is 0.256. The molecule has 0 saturated carbocycles. The fraction of sp³-hybridized carbons (Fsp3) is 0.375. The molecular weight excluding hydrogens is 204 g/mol. The second kappa shape index (κ2) is 4.71. The minimum atomic E-state index is -0.890. The van der Waals surface area contributed by atoms with Crippen LogP contribution < -0.4 is 5.32 Å². The largest absolute Gasteiger partial charge is 0.462 e. The zero-order valence-electron chi connectivity index (χ0n) is 7.86. The molecule has 0 bridgehead atoms. The van der Waals surface area contributed by atoms with Gasteiger partial charge in [0.05, 0.1) is 13.7 Å². The maximum absolute atomic E-state index is 10.9. The molecule has 0 atom stereocenters. The molecule has 76 valence electrons. The van der Waals surface area contributed by atoms with Crippen LogP contribution in [0.15, 0.2) is 5.38 Å². The summed E-state index contributed by atoms with van der Waals surface area (Å²) in [5.74, 6) is -1.64. The highest BCUT2D eigenvalue weighted by Gasteiger charge is 2.13. The van der Waals surface area contributed by atoms with Gasteiger partial charge in [0, 0.05) is 11.1 Å². The third-order valence-electron chi connectivity index (χ3n) is 1.44. The van der Waals surface area contributed by atoms with Gasteiger partial charge in [-0.3, -0.25) is 4.79 Å². The highest BCUT2D eigenvalue weighted by atomic mass is 32.1. The summed E-state index contributed by atoms with van der Waals surface area (Å²) in [4.78, 5) is 25.8. The van der Waals surface area contributed by atoms with Crippen LogP contribution in [0.25, 0.3) is 0 Å². The molecule has 1 aromatic heterocycles. The zero-order chi connectivity index (χ0) is 10.6. The minimum Gasteiger partial charge on any atom is -0.462 e. The standard InChI is InChI=1S/C8H10N2O3S/c1-5-4-14-6(10-5)3-9-7(11)8(12)13-2/h4H,3H2,1-2H3,(H,9,11). The first-order chi connectivity index (χ1) is 6.63. The molecule has 5 nitrogen and oxygen atoms in total. The Balaban J connectivity index is 2.41. The summed E-state index contributed by atoms with van der Waals surface area (Å²) in [7, 11) is 1.16. The van der Waals surface area contributed by atoms with E-state index in [2.05, 4.69) is 15.0 Å². The first-order valence-corrected chi connectivity index (χ1v) is 4.78. The highest BCUT2D eigenvalue weighted by Crippen LogP contribution is 2.07. The van der Waals surface area contributed by atoms with Crippen molar-refractivity contribution in [3.05, 3.63) is 16.1 Å². The quantitative estimate of drug-likeness (QED) is 0.565. The number of methoxy groups -OCH3 is 1. The molecule has 6 heteroatoms. The van der Waals surface area contributed by atoms with E-state index in [0.717, 1.165) is 17.8 Å². The number of nitrogens with zero attached hydrogens (tertiary/aromatic N) is 1. The number of carbonyl (C=O) groups excluding carboxylic acids is 2. The number of aromatic nitrogens is 1. The topological polar surface area (TPSA) is 68.3 Å². The van der Waals surface area contributed by atoms with Crippen LogP contribution in [0.4, 0.5) is 0 Å². The molecule has 1 heterocycles. The Morgan fingerprint density at radius 3 is 2.86 bits per heavy atom. The number of hydrogen-bond acceptors (Lipinski definition) is 5. The lowest BCUT2D eigenvalue weighted by atomic mass is 10.5. The van der Waals surface area contributed by atoms with Crippen LogP contribution in [0.1, 0.15) is 10.7 Å². The summed E-state index contributed by atoms with van der Waals surface area (Å²) in [5.41, 5.74) is 0.900. The van der Waals surface area contributed by atoms with Crippen molar-refractivity contribution in [3.8, 4) is 0 Å². The summed E-state index contributed by atoms with van der Waals surface area (Å²) < 4.78 is 4.24. The van der Waals surface area contributed by atoms with E-state index in [0.29, 0.717) is 0 Å². The van der Waals surface area contributed by atoms with E-state index >= 15 is 0 Å². The molecular formula is C8H10N2O3S. The van der Waals surface area contributed by atoms with Crippen molar-refractivity contribution < 1.29 is 14.3 Å². The number of thiazole rings is 1. The fourth-order valence-corrected chi connectivity index (χ4v) is 1.52. The average molecular weight is 214 g/mol. The van der Waals surface area contributed by atoms with Gasteiger partial charge in [0.2, 0.25) is 0 Å². The lowest BCUT2D eigenvalue weighted by Gasteiger charge is -1.99. The van der Waals surface area contributed by atoms with Crippen molar-refractivity contribution in [1.82, 2.24) is 10.3 Å². The van der Waals surface area contributed by atoms with E-state index in [1.807, 2.05) is 12.3 Å². The summed E-state index contributed by atoms with van der Waals surface area (Å²) in [6.07, 6.45) is 0. The predicted molar refractivity (Wildman–Crippen MR) is 50.7 cm³/mol. The number of hydrogen-bond donors (Lipinski definition) is 1. The Kier molecular flexibility index (Phi) is 3.58. The smallest absolute Gasteiger partial charge is 0.396 e. The Bertz CT molecular complexity index is 348. The molecule has 1 N–H and O–H groups in total. The van der Waals surface area contributed by atoms with Gasteiger partial charge < -0.3 is 10.1 Å². The van der Waals surface area contributed by atoms with Gasteiger partial charge in [-0.15, -0.1) is 11.3 Å². The molecule has 0 spiro atoms. The summed E-state index contributed by atoms with van der Waals surface area (Å²) in [5, 5.41) is 5.04. The number of amides is 1. The molecule has 0 radical (unpaired) electrons. The Hall–Kier alpha value is -1.43. The lowest BCUT2D eigenvalue weighted by Crippen LogP contribution is -2.31. The van der Waals surface area contributed by atoms with E-state index in [1.54, 1.807) is 0 Å². The van der Waals surface area contributed by atoms with Gasteiger partial charge in [0.25, 0.3) is 0 Å². The van der Waals surface area contributed by atoms with Crippen LogP contribution in [0.5, 0.6) is 0 Å². The number of rotatable bonds is 2. The van der Waals surface area contributed by atoms with Gasteiger partial charge in [-0.1, -0.05) is 0 Å². The molecule has 1 aromatic rings. The third kappa shape index (κ3) is 2.81. The van der Waals surface area contributed by atoms with Crippen molar-refractivity contribution in [2.75, 3.05) is 7.11 Å². The van der Waals surface area contributed by atoms with Gasteiger partial charge in [-0.25, -0.2) is 9.78 Å². The van der Waals surface area contributed by atoms with Crippen molar-refractivity contribution in [1.29, 1.82) is 0 Å². The van der Waals surface area contributed by atoms with E-state index in [1.165, 1.54) is 11.3 Å². The normalized spacial score (nSPS) is 9.57. The van der Waals surface area contributed by atoms with E-state index in [9.17, 15) is 9.59 Å². The fourth-order valence-electron chi connectivity index (χ4n) is 0.805. The van der Waals surface area contributed by atoms with Crippen molar-refractivity contribution in [2.45, 2.75) is 13.5 Å². The second-order valence-corrected chi connectivity index (χ2v) is 3.50. The summed E-state index contributed by atoms with van der Waals surface area (Å²) in [6.45, 7) is 2.12. The zero-order valence-corrected chi connectivity index (χ0v) is 8.68. The maximum atomic E-state index is 10.9. The van der Waals surface area contributed by atoms with E-state index in [4.69, 9.17) is 0 Å². The summed E-state index contributed by atoms with van der Waals surface area (Å²) in [6, 6.07) is 0. The van der Waals surface area contributed by atoms with Gasteiger partial charge >= 0.3 is 11.9 Å². The first-order valence-electron chi connectivity index (χ1n) is 3.90. The SMILES string of the molecule is COC(=O)C(=O)NCc1nc(C)cs1. The summed E-state index contributed by atoms with van der Waals surface area (Å²) >= 11 is 1.43. The molecule has 0 aliphatic rings. The third-order valence-corrected chi connectivity index (χ3v) is 2.40. The molecule has 14 heavy (non-hydrogen) atoms. The average Bonchev–Trinajstić information content (AvgIpc) is 2.59. The molecule has 0 aliphatic heterocycles. The van der Waals surface area contributed by atoms with Crippen LogP contribution in [0.3, 0.4) is 0 Å². The number of carbonyl (C=O) groups is 2. The molecule has 0 aliphatic carbocycles. The monoisotopic (exact) mass is 214 g/mol. The first kappa shape index (κ1) is 10.6. The van der Waals surface area contributed by atoms with Gasteiger partial charge in [0.1, 0.15) is 5.01 Å². The van der Waals surface area contributed by atoms with Gasteiger partial charge in [0.15, 0.2) is 0 Å². The van der Waals surface area contributed by atoms with E-state index < -0.39 is 11.9 Å². The number of nitrogens with one attached hydrogen (secondary N) is 1. The predicted octanol–water partition coefficient (Wildman–Crippen LogP) is 0.241. The number of aryl methyl sites for hydroxylation is 1. The Morgan fingerprint density at radius 1 is 1.64 bits per heavy atom. The Labute approximate surface area is 85.1 Å². The van der Waals surface area contributed by atoms with Gasteiger partial charge in [-0.05, 0) is 6.92 Å². The maximum Gasteiger partial charge on any atom is 0.396 e. The van der Waals surface area contributed by atoms with E-state index in [-0.39, 0.29) is 6.54 Å². The lowest BCUT2D eigenvalue weighted by molar-refractivity contribution is -0.152. The van der Waals surface area contributed by atoms with Crippen LogP contribution in [-0.2, 0) is 20.9 Å². The number of ether oxygens (including phenoxy) is 1. The second-order valence-electron chi connectivity index (χ2n) is 2.56. The van der Waals surface area contributed by atoms with Crippen LogP contribution in [0, 0.1) is 6.92 Å². The van der Waals surface area contributed by atoms with Crippen LogP contribution >= 0.6 is 11.3 Å². The van der Waals surface area contributed by atoms with Crippen molar-refractivity contribution in [3.63, 3.8) is 0 Å². The molecule has 1 amide bonds. The van der Waals surface area contributed by atoms with Crippen molar-refractivity contribution >= 4 is 23.2 Å². The van der Waals surface area contributed by atoms with Crippen LogP contribution in [0.2, 0.25) is 0 Å². The van der Waals surface area contributed by atoms with Crippen molar-refractivity contribution in [2.24, 2.45) is 0 Å². The molecule has 0 unspecified atom stereocenters. The molecule has 0 saturated heterocycles. The molecule has 1 rings (SSSR count). The molecule has 0 aromatic carbocycles. The van der Waals surface area contributed by atoms with Crippen LogP contribution in [-0.4, -0.2) is 24.0 Å². The molecule has 0 fully saturated rings. The highest BCUT2D eigenvalue weighted by molar-refractivity contribution is 7.09. The Morgan fingerprint density at radius 2 is 2.36 bits per heavy atom.